The fourth-order valence-corrected chi connectivity index (χ4v) is 8.03. The van der Waals surface area contributed by atoms with Crippen LogP contribution in [0.2, 0.25) is 0 Å². The molecule has 6 rings (SSSR count). The zero-order valence-corrected chi connectivity index (χ0v) is 29.2. The number of carbonyl (C=O) groups excluding carboxylic acids is 3. The number of carbonyl (C=O) groups is 3. The minimum absolute atomic E-state index is 0.00137. The number of aliphatic hydroxyl groups is 3. The van der Waals surface area contributed by atoms with Crippen molar-refractivity contribution in [1.29, 1.82) is 0 Å². The van der Waals surface area contributed by atoms with Crippen LogP contribution in [-0.4, -0.2) is 129 Å². The molecule has 0 saturated carbocycles. The number of benzene rings is 2. The molecule has 6 N–H and O–H groups in total. The molecule has 2 fully saturated rings. The van der Waals surface area contributed by atoms with Crippen molar-refractivity contribution in [1.82, 2.24) is 4.90 Å². The maximum Gasteiger partial charge on any atom is 0.316 e. The number of ether oxygens (including phenoxy) is 5. The number of likely N-dealkylation sites (N-methyl/N-ethyl adjacent to an activating group) is 1. The maximum atomic E-state index is 13.9. The molecule has 2 saturated heterocycles. The van der Waals surface area contributed by atoms with E-state index in [-0.39, 0.29) is 48.4 Å². The number of hydrogen-bond donors (Lipinski definition) is 6. The first-order chi connectivity index (χ1) is 24.0. The number of rotatable bonds is 7. The second-order valence-electron chi connectivity index (χ2n) is 14.1. The number of esters is 1. The quantitative estimate of drug-likeness (QED) is 0.152. The second kappa shape index (κ2) is 13.7. The third kappa shape index (κ3) is 6.18. The third-order valence-corrected chi connectivity index (χ3v) is 10.8. The van der Waals surface area contributed by atoms with Crippen molar-refractivity contribution in [3.05, 3.63) is 51.6 Å². The summed E-state index contributed by atoms with van der Waals surface area (Å²) in [6, 6.07) is 3.04. The van der Waals surface area contributed by atoms with E-state index in [1.807, 2.05) is 19.0 Å². The maximum absolute atomic E-state index is 13.9. The highest BCUT2D eigenvalue weighted by Crippen LogP contribution is 2.54. The Morgan fingerprint density at radius 2 is 1.55 bits per heavy atom. The average molecular weight is 716 g/mol. The molecular weight excluding hydrogens is 670 g/mol. The SMILES string of the molecule is CC[C@]1(O)C[C@H](OC2CC(N(C)C)C(OC3CC(O)C(O)C(C)O3)C(C)O2)c2c(cc3c(c2O)C(=O)c2c(O)ccc(O)c2C3=O)[C@H]1C(=O)OC. The van der Waals surface area contributed by atoms with Crippen LogP contribution in [0.15, 0.2) is 18.2 Å². The van der Waals surface area contributed by atoms with E-state index in [1.54, 1.807) is 20.8 Å². The zero-order valence-electron chi connectivity index (χ0n) is 29.2. The second-order valence-corrected chi connectivity index (χ2v) is 14.1. The summed E-state index contributed by atoms with van der Waals surface area (Å²) >= 11 is 0. The van der Waals surface area contributed by atoms with Crippen molar-refractivity contribution in [3.63, 3.8) is 0 Å². The van der Waals surface area contributed by atoms with Crippen LogP contribution >= 0.6 is 0 Å². The fourth-order valence-electron chi connectivity index (χ4n) is 8.03. The van der Waals surface area contributed by atoms with Gasteiger partial charge >= 0.3 is 5.97 Å². The lowest BCUT2D eigenvalue weighted by atomic mass is 9.67. The van der Waals surface area contributed by atoms with Gasteiger partial charge in [0.2, 0.25) is 5.78 Å². The smallest absolute Gasteiger partial charge is 0.316 e. The van der Waals surface area contributed by atoms with Crippen LogP contribution in [0.1, 0.15) is 101 Å². The van der Waals surface area contributed by atoms with Crippen LogP contribution in [0.25, 0.3) is 0 Å². The Bertz CT molecular complexity index is 1720. The number of phenolic OH excluding ortho intramolecular Hbond substituents is 3. The van der Waals surface area contributed by atoms with Gasteiger partial charge in [-0.2, -0.15) is 0 Å². The number of ketones is 2. The lowest BCUT2D eigenvalue weighted by Gasteiger charge is -2.48. The molecule has 0 radical (unpaired) electrons. The summed E-state index contributed by atoms with van der Waals surface area (Å²) in [6.45, 7) is 5.08. The Hall–Kier alpha value is -3.67. The number of hydrogen-bond acceptors (Lipinski definition) is 15. The molecule has 2 heterocycles. The standard InChI is InChI=1S/C36H45NO14/c1-7-36(46)13-22(50-23-11-18(37(4)5)34(15(3)49-23)51-24-12-21(40)30(41)14(2)48-24)25-16(29(36)35(45)47-6)10-17-26(32(25)43)33(44)28-20(39)9-8-19(38)27(28)31(17)42/h8-10,14-15,18,21-24,29-30,34,38-41,43,46H,7,11-13H2,1-6H3/t14?,15?,18?,21?,22-,23?,24?,29-,30?,34?,36-/m0/s1. The number of phenols is 3. The summed E-state index contributed by atoms with van der Waals surface area (Å²) < 4.78 is 30.0. The molecule has 0 spiro atoms. The summed E-state index contributed by atoms with van der Waals surface area (Å²) in [5.41, 5.74) is -3.53. The Kier molecular flexibility index (Phi) is 9.97. The molecule has 2 aromatic carbocycles. The largest absolute Gasteiger partial charge is 0.507 e. The van der Waals surface area contributed by atoms with Crippen LogP contribution in [-0.2, 0) is 28.5 Å². The first-order valence-electron chi connectivity index (χ1n) is 17.0. The van der Waals surface area contributed by atoms with Gasteiger partial charge in [0, 0.05) is 36.4 Å². The molecule has 8 unspecified atom stereocenters. The number of aliphatic hydroxyl groups excluding tert-OH is 2. The van der Waals surface area contributed by atoms with Crippen molar-refractivity contribution in [3.8, 4) is 17.2 Å². The van der Waals surface area contributed by atoms with E-state index in [2.05, 4.69) is 0 Å². The first-order valence-corrected chi connectivity index (χ1v) is 17.0. The molecular formula is C36H45NO14. The van der Waals surface area contributed by atoms with Gasteiger partial charge in [0.1, 0.15) is 35.4 Å². The molecule has 278 valence electrons. The number of fused-ring (bicyclic) bond motifs is 3. The van der Waals surface area contributed by atoms with Crippen molar-refractivity contribution >= 4 is 17.5 Å². The van der Waals surface area contributed by atoms with Crippen molar-refractivity contribution in [2.24, 2.45) is 0 Å². The van der Waals surface area contributed by atoms with E-state index in [0.29, 0.717) is 0 Å². The minimum atomic E-state index is -1.79. The third-order valence-electron chi connectivity index (χ3n) is 10.8. The molecule has 15 heteroatoms. The van der Waals surface area contributed by atoms with Gasteiger partial charge in [-0.05, 0) is 58.1 Å². The molecule has 0 amide bonds. The Morgan fingerprint density at radius 1 is 0.941 bits per heavy atom. The van der Waals surface area contributed by atoms with Crippen molar-refractivity contribution in [2.45, 2.75) is 113 Å². The van der Waals surface area contributed by atoms with Gasteiger partial charge in [-0.1, -0.05) is 6.92 Å². The number of aromatic hydroxyl groups is 3. The Labute approximate surface area is 294 Å². The predicted octanol–water partition coefficient (Wildman–Crippen LogP) is 1.74. The minimum Gasteiger partial charge on any atom is -0.507 e. The molecule has 2 aliphatic carbocycles. The van der Waals surface area contributed by atoms with Crippen LogP contribution in [0, 0.1) is 0 Å². The van der Waals surface area contributed by atoms with E-state index < -0.39 is 112 Å². The van der Waals surface area contributed by atoms with Crippen LogP contribution < -0.4 is 0 Å². The normalized spacial score (nSPS) is 34.9. The molecule has 2 aromatic rings. The zero-order chi connectivity index (χ0) is 37.3. The molecule has 51 heavy (non-hydrogen) atoms. The Morgan fingerprint density at radius 3 is 2.14 bits per heavy atom. The van der Waals surface area contributed by atoms with Crippen LogP contribution in [0.5, 0.6) is 17.2 Å². The monoisotopic (exact) mass is 715 g/mol. The van der Waals surface area contributed by atoms with E-state index in [9.17, 15) is 45.0 Å². The predicted molar refractivity (Wildman–Crippen MR) is 175 cm³/mol. The lowest BCUT2D eigenvalue weighted by molar-refractivity contribution is -0.310. The topological polar surface area (TPSA) is 222 Å². The van der Waals surface area contributed by atoms with E-state index in [0.717, 1.165) is 19.2 Å². The van der Waals surface area contributed by atoms with E-state index in [4.69, 9.17) is 23.7 Å². The first kappa shape index (κ1) is 37.1. The van der Waals surface area contributed by atoms with Gasteiger partial charge in [0.25, 0.3) is 0 Å². The van der Waals surface area contributed by atoms with Crippen LogP contribution in [0.4, 0.5) is 0 Å². The summed E-state index contributed by atoms with van der Waals surface area (Å²) in [6.07, 6.45) is -6.80. The fraction of sp³-hybridized carbons (Fsp3) is 0.583. The summed E-state index contributed by atoms with van der Waals surface area (Å²) in [4.78, 5) is 42.9. The molecule has 4 aliphatic rings. The van der Waals surface area contributed by atoms with E-state index in [1.165, 1.54) is 6.07 Å². The highest BCUT2D eigenvalue weighted by molar-refractivity contribution is 6.31. The van der Waals surface area contributed by atoms with Gasteiger partial charge in [-0.15, -0.1) is 0 Å². The number of nitrogens with zero attached hydrogens (tertiary/aromatic N) is 1. The summed E-state index contributed by atoms with van der Waals surface area (Å²) in [7, 11) is 4.83. The highest BCUT2D eigenvalue weighted by Gasteiger charge is 2.53. The van der Waals surface area contributed by atoms with Gasteiger partial charge in [0.05, 0.1) is 53.8 Å². The molecule has 2 aliphatic heterocycles. The van der Waals surface area contributed by atoms with Crippen molar-refractivity contribution < 1.29 is 68.7 Å². The van der Waals surface area contributed by atoms with Gasteiger partial charge < -0.3 is 59.2 Å². The average Bonchev–Trinajstić information content (AvgIpc) is 3.07. The molecule has 11 atom stereocenters. The molecule has 0 aromatic heterocycles. The molecule has 0 bridgehead atoms. The van der Waals surface area contributed by atoms with Crippen LogP contribution in [0.3, 0.4) is 0 Å². The summed E-state index contributed by atoms with van der Waals surface area (Å²) in [5, 5.41) is 65.4. The summed E-state index contributed by atoms with van der Waals surface area (Å²) in [5.74, 6) is -5.85. The number of methoxy groups -OCH3 is 1. The lowest BCUT2D eigenvalue weighted by Crippen LogP contribution is -2.57. The molecule has 15 nitrogen and oxygen atoms in total. The Balaban J connectivity index is 1.39. The van der Waals surface area contributed by atoms with Crippen molar-refractivity contribution in [2.75, 3.05) is 21.2 Å². The van der Waals surface area contributed by atoms with Gasteiger partial charge in [-0.3, -0.25) is 14.4 Å². The van der Waals surface area contributed by atoms with Gasteiger partial charge in [0.15, 0.2) is 18.4 Å². The van der Waals surface area contributed by atoms with E-state index >= 15 is 0 Å². The highest BCUT2D eigenvalue weighted by atomic mass is 16.7. The van der Waals surface area contributed by atoms with Gasteiger partial charge in [-0.25, -0.2) is 0 Å².